The number of halogens is 1. The molecule has 0 saturated heterocycles. The first-order valence-electron chi connectivity index (χ1n) is 5.52. The Morgan fingerprint density at radius 3 is 2.35 bits per heavy atom. The number of hydrogen-bond acceptors (Lipinski definition) is 3. The molecule has 0 aliphatic heterocycles. The predicted octanol–water partition coefficient (Wildman–Crippen LogP) is 1.20. The van der Waals surface area contributed by atoms with Gasteiger partial charge in [-0.25, -0.2) is 4.39 Å². The molecule has 0 fully saturated rings. The zero-order chi connectivity index (χ0) is 12.3. The highest BCUT2D eigenvalue weighted by Crippen LogP contribution is 2.07. The summed E-state index contributed by atoms with van der Waals surface area (Å²) in [5.41, 5.74) is 6.61. The summed E-state index contributed by atoms with van der Waals surface area (Å²) < 4.78 is 14.6. The zero-order valence-corrected chi connectivity index (χ0v) is 9.73. The van der Waals surface area contributed by atoms with Gasteiger partial charge < -0.3 is 10.3 Å². The van der Waals surface area contributed by atoms with E-state index in [0.717, 1.165) is 30.1 Å². The maximum atomic E-state index is 12.7. The van der Waals surface area contributed by atoms with Crippen LogP contribution in [-0.4, -0.2) is 14.8 Å². The normalized spacial score (nSPS) is 10.8. The summed E-state index contributed by atoms with van der Waals surface area (Å²) in [5.74, 6) is 1.46. The van der Waals surface area contributed by atoms with Crippen LogP contribution in [0.2, 0.25) is 0 Å². The number of nitrogens with two attached hydrogens (primary N) is 1. The standard InChI is InChI=1S/C12H15FN4/c1-17-11(15-16-12(17)8-14)7-4-9-2-5-10(13)6-3-9/h2-3,5-6H,4,7-8,14H2,1H3. The highest BCUT2D eigenvalue weighted by molar-refractivity contribution is 5.17. The maximum absolute atomic E-state index is 12.7. The largest absolute Gasteiger partial charge is 0.324 e. The second kappa shape index (κ2) is 5.05. The van der Waals surface area contributed by atoms with Crippen molar-refractivity contribution >= 4 is 0 Å². The van der Waals surface area contributed by atoms with Crippen molar-refractivity contribution in [2.45, 2.75) is 19.4 Å². The van der Waals surface area contributed by atoms with Gasteiger partial charge in [0.05, 0.1) is 6.54 Å². The van der Waals surface area contributed by atoms with E-state index in [9.17, 15) is 4.39 Å². The molecule has 2 rings (SSSR count). The third-order valence-corrected chi connectivity index (χ3v) is 2.79. The molecule has 1 aromatic heterocycles. The fraction of sp³-hybridized carbons (Fsp3) is 0.333. The van der Waals surface area contributed by atoms with Crippen molar-refractivity contribution in [3.05, 3.63) is 47.3 Å². The quantitative estimate of drug-likeness (QED) is 0.864. The molecule has 0 aliphatic carbocycles. The van der Waals surface area contributed by atoms with Crippen LogP contribution < -0.4 is 5.73 Å². The van der Waals surface area contributed by atoms with Crippen molar-refractivity contribution in [2.75, 3.05) is 0 Å². The van der Waals surface area contributed by atoms with Crippen molar-refractivity contribution in [1.29, 1.82) is 0 Å². The van der Waals surface area contributed by atoms with Gasteiger partial charge in [0, 0.05) is 13.5 Å². The first-order valence-corrected chi connectivity index (χ1v) is 5.52. The topological polar surface area (TPSA) is 56.7 Å². The molecule has 0 unspecified atom stereocenters. The average Bonchev–Trinajstić information content (AvgIpc) is 2.69. The average molecular weight is 234 g/mol. The second-order valence-electron chi connectivity index (χ2n) is 3.92. The van der Waals surface area contributed by atoms with Gasteiger partial charge in [-0.05, 0) is 24.1 Å². The molecule has 0 atom stereocenters. The van der Waals surface area contributed by atoms with Crippen molar-refractivity contribution in [3.8, 4) is 0 Å². The van der Waals surface area contributed by atoms with Gasteiger partial charge in [-0.15, -0.1) is 10.2 Å². The molecule has 2 aromatic rings. The molecule has 17 heavy (non-hydrogen) atoms. The third-order valence-electron chi connectivity index (χ3n) is 2.79. The van der Waals surface area contributed by atoms with Gasteiger partial charge >= 0.3 is 0 Å². The molecule has 4 nitrogen and oxygen atoms in total. The van der Waals surface area contributed by atoms with Crippen LogP contribution >= 0.6 is 0 Å². The van der Waals surface area contributed by atoms with Crippen molar-refractivity contribution < 1.29 is 4.39 Å². The van der Waals surface area contributed by atoms with E-state index in [4.69, 9.17) is 5.73 Å². The summed E-state index contributed by atoms with van der Waals surface area (Å²) in [7, 11) is 1.90. The van der Waals surface area contributed by atoms with Crippen molar-refractivity contribution in [3.63, 3.8) is 0 Å². The lowest BCUT2D eigenvalue weighted by Gasteiger charge is -2.03. The molecule has 2 N–H and O–H groups in total. The molecule has 0 aliphatic rings. The Morgan fingerprint density at radius 2 is 1.76 bits per heavy atom. The van der Waals surface area contributed by atoms with E-state index in [-0.39, 0.29) is 5.82 Å². The minimum atomic E-state index is -0.210. The smallest absolute Gasteiger partial charge is 0.146 e. The molecule has 0 saturated carbocycles. The molecule has 1 heterocycles. The third kappa shape index (κ3) is 2.68. The zero-order valence-electron chi connectivity index (χ0n) is 9.73. The van der Waals surface area contributed by atoms with E-state index in [1.165, 1.54) is 12.1 Å². The number of benzene rings is 1. The lowest BCUT2D eigenvalue weighted by molar-refractivity contribution is 0.626. The van der Waals surface area contributed by atoms with E-state index in [0.29, 0.717) is 6.54 Å². The molecule has 5 heteroatoms. The molecule has 90 valence electrons. The van der Waals surface area contributed by atoms with Gasteiger partial charge in [-0.3, -0.25) is 0 Å². The summed E-state index contributed by atoms with van der Waals surface area (Å²) in [6.07, 6.45) is 1.59. The number of nitrogens with zero attached hydrogens (tertiary/aromatic N) is 3. The highest BCUT2D eigenvalue weighted by atomic mass is 19.1. The Morgan fingerprint density at radius 1 is 1.12 bits per heavy atom. The van der Waals surface area contributed by atoms with E-state index in [1.807, 2.05) is 11.6 Å². The number of rotatable bonds is 4. The van der Waals surface area contributed by atoms with Crippen LogP contribution in [0.15, 0.2) is 24.3 Å². The first-order chi connectivity index (χ1) is 8.20. The number of hydrogen-bond donors (Lipinski definition) is 1. The van der Waals surface area contributed by atoms with Crippen molar-refractivity contribution in [2.24, 2.45) is 12.8 Å². The number of aromatic nitrogens is 3. The lowest BCUT2D eigenvalue weighted by atomic mass is 10.1. The Kier molecular flexibility index (Phi) is 3.49. The molecule has 0 spiro atoms. The Balaban J connectivity index is 2.02. The van der Waals surface area contributed by atoms with Gasteiger partial charge in [-0.1, -0.05) is 12.1 Å². The van der Waals surface area contributed by atoms with Gasteiger partial charge in [0.2, 0.25) is 0 Å². The van der Waals surface area contributed by atoms with Crippen LogP contribution in [0.3, 0.4) is 0 Å². The van der Waals surface area contributed by atoms with Crippen LogP contribution in [-0.2, 0) is 26.4 Å². The predicted molar refractivity (Wildman–Crippen MR) is 62.7 cm³/mol. The summed E-state index contributed by atoms with van der Waals surface area (Å²) in [5, 5.41) is 8.07. The first kappa shape index (κ1) is 11.7. The summed E-state index contributed by atoms with van der Waals surface area (Å²) >= 11 is 0. The molecule has 1 aromatic carbocycles. The Labute approximate surface area is 99.3 Å². The van der Waals surface area contributed by atoms with E-state index >= 15 is 0 Å². The monoisotopic (exact) mass is 234 g/mol. The fourth-order valence-corrected chi connectivity index (χ4v) is 1.70. The van der Waals surface area contributed by atoms with Crippen molar-refractivity contribution in [1.82, 2.24) is 14.8 Å². The highest BCUT2D eigenvalue weighted by Gasteiger charge is 2.06. The van der Waals surface area contributed by atoms with Crippen LogP contribution in [0.1, 0.15) is 17.2 Å². The molecule has 0 radical (unpaired) electrons. The van der Waals surface area contributed by atoms with E-state index in [2.05, 4.69) is 10.2 Å². The minimum Gasteiger partial charge on any atom is -0.324 e. The fourth-order valence-electron chi connectivity index (χ4n) is 1.70. The summed E-state index contributed by atoms with van der Waals surface area (Å²) in [6.45, 7) is 0.389. The van der Waals surface area contributed by atoms with Gasteiger partial charge in [0.1, 0.15) is 17.5 Å². The summed E-state index contributed by atoms with van der Waals surface area (Å²) in [4.78, 5) is 0. The van der Waals surface area contributed by atoms with Crippen LogP contribution in [0.5, 0.6) is 0 Å². The van der Waals surface area contributed by atoms with Gasteiger partial charge in [-0.2, -0.15) is 0 Å². The minimum absolute atomic E-state index is 0.210. The Hall–Kier alpha value is -1.75. The molecular weight excluding hydrogens is 219 g/mol. The van der Waals surface area contributed by atoms with Gasteiger partial charge in [0.25, 0.3) is 0 Å². The van der Waals surface area contributed by atoms with Crippen LogP contribution in [0.25, 0.3) is 0 Å². The molecule has 0 amide bonds. The van der Waals surface area contributed by atoms with Crippen LogP contribution in [0.4, 0.5) is 4.39 Å². The summed E-state index contributed by atoms with van der Waals surface area (Å²) in [6, 6.07) is 6.51. The van der Waals surface area contributed by atoms with Gasteiger partial charge in [0.15, 0.2) is 0 Å². The lowest BCUT2D eigenvalue weighted by Crippen LogP contribution is -2.07. The molecule has 0 bridgehead atoms. The van der Waals surface area contributed by atoms with Crippen LogP contribution in [0, 0.1) is 5.82 Å². The second-order valence-corrected chi connectivity index (χ2v) is 3.92. The number of aryl methyl sites for hydroxylation is 2. The Bertz CT molecular complexity index is 490. The SMILES string of the molecule is Cn1c(CN)nnc1CCc1ccc(F)cc1. The van der Waals surface area contributed by atoms with E-state index < -0.39 is 0 Å². The van der Waals surface area contributed by atoms with E-state index in [1.54, 1.807) is 12.1 Å². The molecular formula is C12H15FN4. The maximum Gasteiger partial charge on any atom is 0.146 e.